The molecule has 0 bridgehead atoms. The van der Waals surface area contributed by atoms with Crippen LogP contribution in [-0.4, -0.2) is 13.5 Å². The van der Waals surface area contributed by atoms with Gasteiger partial charge in [-0.05, 0) is 13.3 Å². The summed E-state index contributed by atoms with van der Waals surface area (Å²) in [6.07, 6.45) is 6.52. The molecule has 0 amide bonds. The summed E-state index contributed by atoms with van der Waals surface area (Å²) in [6.45, 7) is 6.40. The lowest BCUT2D eigenvalue weighted by Crippen LogP contribution is -1.96. The third kappa shape index (κ3) is 7.77. The molecule has 0 aromatic heterocycles. The van der Waals surface area contributed by atoms with Gasteiger partial charge in [0.25, 0.3) is 7.41 Å². The van der Waals surface area contributed by atoms with Crippen LogP contribution in [0.3, 0.4) is 0 Å². The van der Waals surface area contributed by atoms with E-state index in [1.54, 1.807) is 0 Å². The van der Waals surface area contributed by atoms with E-state index < -0.39 is 0 Å². The largest absolute Gasteiger partial charge is 0.287 e. The highest BCUT2D eigenvalue weighted by molar-refractivity contribution is 6.30. The molecule has 12 heavy (non-hydrogen) atoms. The monoisotopic (exact) mass is 168 g/mol. The first-order chi connectivity index (χ1) is 5.81. The van der Waals surface area contributed by atoms with Crippen LogP contribution in [0.4, 0.5) is 0 Å². The van der Waals surface area contributed by atoms with Crippen molar-refractivity contribution in [3.63, 3.8) is 0 Å². The lowest BCUT2D eigenvalue weighted by molar-refractivity contribution is 0.565. The Kier molecular flexibility index (Phi) is 8.51. The van der Waals surface area contributed by atoms with Crippen LogP contribution in [0.5, 0.6) is 0 Å². The number of hydrogen-bond donors (Lipinski definition) is 0. The molecule has 1 unspecified atom stereocenters. The molecule has 70 valence electrons. The molecule has 0 heterocycles. The van der Waals surface area contributed by atoms with E-state index in [2.05, 4.69) is 24.0 Å². The van der Waals surface area contributed by atoms with Gasteiger partial charge in [-0.15, -0.1) is 0 Å². The summed E-state index contributed by atoms with van der Waals surface area (Å²) in [7, 11) is 0.819. The highest BCUT2D eigenvalue weighted by Crippen LogP contribution is 2.07. The van der Waals surface area contributed by atoms with Crippen molar-refractivity contribution in [1.29, 1.82) is 0 Å². The molecule has 0 aliphatic carbocycles. The molecule has 0 aromatic rings. The van der Waals surface area contributed by atoms with Gasteiger partial charge in [0, 0.05) is 0 Å². The van der Waals surface area contributed by atoms with Crippen molar-refractivity contribution in [1.82, 2.24) is 0 Å². The van der Waals surface area contributed by atoms with Gasteiger partial charge < -0.3 is 0 Å². The van der Waals surface area contributed by atoms with Crippen molar-refractivity contribution in [2.24, 2.45) is 10.1 Å². The van der Waals surface area contributed by atoms with Gasteiger partial charge >= 0.3 is 0 Å². The molecule has 0 saturated carbocycles. The molecular formula is C9H21BN2. The van der Waals surface area contributed by atoms with Crippen molar-refractivity contribution >= 4 is 7.41 Å². The minimum absolute atomic E-state index is 0.432. The predicted octanol–water partition coefficient (Wildman–Crippen LogP) is 3.20. The van der Waals surface area contributed by atoms with Gasteiger partial charge in [0.05, 0.1) is 6.04 Å². The highest BCUT2D eigenvalue weighted by Gasteiger charge is 1.97. The minimum Gasteiger partial charge on any atom is -0.264 e. The first kappa shape index (κ1) is 11.7. The molecule has 0 aromatic carbocycles. The second kappa shape index (κ2) is 8.76. The van der Waals surface area contributed by atoms with Crippen LogP contribution < -0.4 is 0 Å². The Morgan fingerprint density at radius 1 is 1.25 bits per heavy atom. The van der Waals surface area contributed by atoms with Gasteiger partial charge in [0.2, 0.25) is 0 Å². The number of hydrogen-bond acceptors (Lipinski definition) is 2. The quantitative estimate of drug-likeness (QED) is 0.317. The van der Waals surface area contributed by atoms with Crippen LogP contribution in [0.15, 0.2) is 10.1 Å². The molecule has 3 heteroatoms. The fourth-order valence-electron chi connectivity index (χ4n) is 1.15. The molecule has 0 fully saturated rings. The zero-order chi connectivity index (χ0) is 9.23. The van der Waals surface area contributed by atoms with E-state index >= 15 is 0 Å². The minimum atomic E-state index is 0.432. The molecule has 0 radical (unpaired) electrons. The second-order valence-corrected chi connectivity index (χ2v) is 3.27. The molecule has 1 atom stereocenters. The van der Waals surface area contributed by atoms with E-state index in [1.165, 1.54) is 32.1 Å². The lowest BCUT2D eigenvalue weighted by Gasteiger charge is -2.03. The number of nitrogens with zero attached hydrogens (tertiary/aromatic N) is 2. The first-order valence-corrected chi connectivity index (χ1v) is 5.17. The van der Waals surface area contributed by atoms with Gasteiger partial charge in [-0.25, -0.2) is 5.11 Å². The summed E-state index contributed by atoms with van der Waals surface area (Å²) in [6, 6.07) is 0.432. The van der Waals surface area contributed by atoms with Crippen LogP contribution in [0.25, 0.3) is 0 Å². The van der Waals surface area contributed by atoms with Crippen molar-refractivity contribution in [3.8, 4) is 0 Å². The summed E-state index contributed by atoms with van der Waals surface area (Å²) < 4.78 is 0. The maximum Gasteiger partial charge on any atom is 0.287 e. The van der Waals surface area contributed by atoms with Gasteiger partial charge in [0.1, 0.15) is 0 Å². The van der Waals surface area contributed by atoms with Crippen LogP contribution in [0.1, 0.15) is 46.0 Å². The molecular weight excluding hydrogens is 147 g/mol. The Morgan fingerprint density at radius 2 is 2.00 bits per heavy atom. The van der Waals surface area contributed by atoms with E-state index in [9.17, 15) is 0 Å². The average Bonchev–Trinajstić information content (AvgIpc) is 2.09. The van der Waals surface area contributed by atoms with Crippen LogP contribution in [0, 0.1) is 0 Å². The van der Waals surface area contributed by atoms with Gasteiger partial charge in [-0.2, -0.15) is 0 Å². The molecule has 0 saturated heterocycles. The second-order valence-electron chi connectivity index (χ2n) is 3.27. The van der Waals surface area contributed by atoms with Gasteiger partial charge in [0.15, 0.2) is 0 Å². The summed E-state index contributed by atoms with van der Waals surface area (Å²) in [5.74, 6) is 0. The summed E-state index contributed by atoms with van der Waals surface area (Å²) in [5.41, 5.74) is 0. The number of unbranched alkanes of at least 4 members (excludes halogenated alkanes) is 3. The van der Waals surface area contributed by atoms with Crippen molar-refractivity contribution in [2.75, 3.05) is 0 Å². The Bertz CT molecular complexity index is 115. The standard InChI is InChI=1S/C9H21BN2/c1-4-5-6-7-8-9(2)11-12-10-3/h9-10H,4-8H2,1-3H3. The third-order valence-corrected chi connectivity index (χ3v) is 1.90. The van der Waals surface area contributed by atoms with Crippen molar-refractivity contribution in [3.05, 3.63) is 0 Å². The van der Waals surface area contributed by atoms with Gasteiger partial charge in [-0.1, -0.05) is 39.4 Å². The normalized spacial score (nSPS) is 13.6. The lowest BCUT2D eigenvalue weighted by atomic mass is 10.0. The van der Waals surface area contributed by atoms with Gasteiger partial charge in [-0.3, -0.25) is 5.03 Å². The summed E-state index contributed by atoms with van der Waals surface area (Å²) >= 11 is 0. The third-order valence-electron chi connectivity index (χ3n) is 1.90. The average molecular weight is 168 g/mol. The van der Waals surface area contributed by atoms with Crippen LogP contribution in [0.2, 0.25) is 6.82 Å². The Morgan fingerprint density at radius 3 is 2.58 bits per heavy atom. The van der Waals surface area contributed by atoms with Crippen molar-refractivity contribution < 1.29 is 0 Å². The van der Waals surface area contributed by atoms with Crippen LogP contribution >= 0.6 is 0 Å². The molecule has 0 aliphatic heterocycles. The maximum atomic E-state index is 4.17. The number of rotatable bonds is 7. The zero-order valence-electron chi connectivity index (χ0n) is 8.71. The highest BCUT2D eigenvalue weighted by atomic mass is 15.1. The predicted molar refractivity (Wildman–Crippen MR) is 56.1 cm³/mol. The summed E-state index contributed by atoms with van der Waals surface area (Å²) in [5, 5.41) is 8.16. The van der Waals surface area contributed by atoms with E-state index in [0.29, 0.717) is 6.04 Å². The Labute approximate surface area is 77.1 Å². The van der Waals surface area contributed by atoms with E-state index in [1.807, 2.05) is 6.82 Å². The van der Waals surface area contributed by atoms with Crippen molar-refractivity contribution in [2.45, 2.75) is 58.8 Å². The molecule has 0 spiro atoms. The smallest absolute Gasteiger partial charge is 0.264 e. The fourth-order valence-corrected chi connectivity index (χ4v) is 1.15. The maximum absolute atomic E-state index is 4.17. The molecule has 0 rings (SSSR count). The van der Waals surface area contributed by atoms with Crippen LogP contribution in [-0.2, 0) is 0 Å². The molecule has 2 nitrogen and oxygen atoms in total. The molecule has 0 N–H and O–H groups in total. The van der Waals surface area contributed by atoms with E-state index in [0.717, 1.165) is 7.41 Å². The van der Waals surface area contributed by atoms with E-state index in [-0.39, 0.29) is 0 Å². The zero-order valence-corrected chi connectivity index (χ0v) is 8.71. The molecule has 0 aliphatic rings. The Hall–Kier alpha value is -0.335. The fraction of sp³-hybridized carbons (Fsp3) is 1.00. The Balaban J connectivity index is 3.19. The topological polar surface area (TPSA) is 24.7 Å². The SMILES string of the molecule is CBN=NC(C)CCCCCC. The summed E-state index contributed by atoms with van der Waals surface area (Å²) in [4.78, 5) is 0. The van der Waals surface area contributed by atoms with E-state index in [4.69, 9.17) is 0 Å². The first-order valence-electron chi connectivity index (χ1n) is 5.17.